The first kappa shape index (κ1) is 11.4. The molecule has 0 bridgehead atoms. The van der Waals surface area contributed by atoms with Crippen LogP contribution in [0.3, 0.4) is 0 Å². The number of rotatable bonds is 3. The summed E-state index contributed by atoms with van der Waals surface area (Å²) in [5.41, 5.74) is 5.59. The maximum atomic E-state index is 12.3. The summed E-state index contributed by atoms with van der Waals surface area (Å²) in [4.78, 5) is 0. The van der Waals surface area contributed by atoms with Crippen molar-refractivity contribution in [3.63, 3.8) is 0 Å². The Hall–Kier alpha value is -0.100. The van der Waals surface area contributed by atoms with Crippen molar-refractivity contribution in [3.8, 4) is 0 Å². The largest absolute Gasteiger partial charge is 0.329 e. The van der Waals surface area contributed by atoms with E-state index in [-0.39, 0.29) is 6.54 Å². The molecule has 1 heterocycles. The lowest BCUT2D eigenvalue weighted by Gasteiger charge is -2.39. The van der Waals surface area contributed by atoms with Gasteiger partial charge in [-0.2, -0.15) is 0 Å². The Labute approximate surface area is 98.2 Å². The van der Waals surface area contributed by atoms with E-state index in [0.717, 1.165) is 17.8 Å². The minimum Gasteiger partial charge on any atom is -0.329 e. The summed E-state index contributed by atoms with van der Waals surface area (Å²) in [5.74, 6) is 0. The third-order valence-corrected chi connectivity index (χ3v) is 7.34. The molecule has 1 aliphatic rings. The minimum atomic E-state index is -3.28. The van der Waals surface area contributed by atoms with Crippen molar-refractivity contribution in [1.82, 2.24) is 0 Å². The van der Waals surface area contributed by atoms with Gasteiger partial charge in [-0.25, -0.2) is 8.42 Å². The van der Waals surface area contributed by atoms with Crippen molar-refractivity contribution in [3.05, 3.63) is 16.5 Å². The molecule has 0 saturated heterocycles. The van der Waals surface area contributed by atoms with Gasteiger partial charge < -0.3 is 5.73 Å². The summed E-state index contributed by atoms with van der Waals surface area (Å²) < 4.78 is 24.6. The van der Waals surface area contributed by atoms with Crippen molar-refractivity contribution in [1.29, 1.82) is 0 Å². The monoisotopic (exact) mass is 265 g/mol. The number of thiophene rings is 1. The Morgan fingerprint density at radius 2 is 2.13 bits per heavy atom. The van der Waals surface area contributed by atoms with E-state index < -0.39 is 14.6 Å². The van der Waals surface area contributed by atoms with Crippen LogP contribution in [0.2, 0.25) is 4.34 Å². The summed E-state index contributed by atoms with van der Waals surface area (Å²) in [6.07, 6.45) is 2.28. The van der Waals surface area contributed by atoms with Crippen molar-refractivity contribution < 1.29 is 8.42 Å². The summed E-state index contributed by atoms with van der Waals surface area (Å²) in [6, 6.07) is 3.18. The Balaban J connectivity index is 2.43. The number of hydrogen-bond acceptors (Lipinski definition) is 4. The van der Waals surface area contributed by atoms with Crippen LogP contribution in [0.5, 0.6) is 0 Å². The molecule has 1 aromatic rings. The highest BCUT2D eigenvalue weighted by Gasteiger charge is 2.48. The Morgan fingerprint density at radius 1 is 1.47 bits per heavy atom. The number of hydrogen-bond donors (Lipinski definition) is 1. The molecule has 0 amide bonds. The predicted molar refractivity (Wildman–Crippen MR) is 62.2 cm³/mol. The third-order valence-electron chi connectivity index (χ3n) is 3.02. The van der Waals surface area contributed by atoms with Crippen LogP contribution >= 0.6 is 22.9 Å². The molecule has 0 atom stereocenters. The zero-order chi connectivity index (χ0) is 11.1. The van der Waals surface area contributed by atoms with Crippen molar-refractivity contribution in [2.24, 2.45) is 5.73 Å². The first-order valence-corrected chi connectivity index (χ1v) is 7.40. The Bertz CT molecular complexity index is 457. The summed E-state index contributed by atoms with van der Waals surface area (Å²) in [6.45, 7) is 0.199. The second-order valence-corrected chi connectivity index (χ2v) is 8.09. The predicted octanol–water partition coefficient (Wildman–Crippen LogP) is 2.06. The summed E-state index contributed by atoms with van der Waals surface area (Å²) in [5, 5.41) is 0. The third kappa shape index (κ3) is 1.62. The molecule has 2 N–H and O–H groups in total. The zero-order valence-corrected chi connectivity index (χ0v) is 10.5. The van der Waals surface area contributed by atoms with E-state index in [1.807, 2.05) is 0 Å². The molecule has 1 saturated carbocycles. The van der Waals surface area contributed by atoms with Gasteiger partial charge in [-0.3, -0.25) is 0 Å². The van der Waals surface area contributed by atoms with E-state index >= 15 is 0 Å². The fourth-order valence-corrected chi connectivity index (χ4v) is 5.68. The van der Waals surface area contributed by atoms with Crippen LogP contribution in [0, 0.1) is 0 Å². The quantitative estimate of drug-likeness (QED) is 0.910. The fourth-order valence-electron chi connectivity index (χ4n) is 1.81. The maximum Gasteiger partial charge on any atom is 0.194 e. The highest BCUT2D eigenvalue weighted by atomic mass is 35.5. The van der Waals surface area contributed by atoms with Gasteiger partial charge in [0.15, 0.2) is 9.84 Å². The lowest BCUT2D eigenvalue weighted by Crippen LogP contribution is -2.50. The van der Waals surface area contributed by atoms with E-state index in [4.69, 9.17) is 17.3 Å². The molecule has 3 nitrogen and oxygen atoms in total. The molecule has 0 spiro atoms. The number of nitrogens with two attached hydrogens (primary N) is 1. The second kappa shape index (κ2) is 3.73. The molecule has 6 heteroatoms. The number of sulfone groups is 1. The number of halogens is 1. The molecule has 1 fully saturated rings. The zero-order valence-electron chi connectivity index (χ0n) is 8.07. The van der Waals surface area contributed by atoms with Crippen LogP contribution in [0.15, 0.2) is 16.3 Å². The van der Waals surface area contributed by atoms with Gasteiger partial charge in [0.05, 0.1) is 9.08 Å². The standard InChI is InChI=1S/C9H12ClNO2S2/c10-7-2-3-8(14-7)15(12,13)9(6-11)4-1-5-9/h2-3H,1,4-6,11H2. The SMILES string of the molecule is NCC1(S(=O)(=O)c2ccc(Cl)s2)CCC1. The molecule has 84 valence electrons. The van der Waals surface area contributed by atoms with E-state index in [9.17, 15) is 8.42 Å². The molecule has 0 unspecified atom stereocenters. The minimum absolute atomic E-state index is 0.199. The van der Waals surface area contributed by atoms with Gasteiger partial charge in [0.25, 0.3) is 0 Å². The van der Waals surface area contributed by atoms with Gasteiger partial charge in [0.1, 0.15) is 4.21 Å². The molecule has 0 aliphatic heterocycles. The first-order valence-electron chi connectivity index (χ1n) is 4.72. The molecule has 15 heavy (non-hydrogen) atoms. The summed E-state index contributed by atoms with van der Waals surface area (Å²) in [7, 11) is -3.28. The summed E-state index contributed by atoms with van der Waals surface area (Å²) >= 11 is 6.85. The topological polar surface area (TPSA) is 60.2 Å². The van der Waals surface area contributed by atoms with Crippen LogP contribution in [-0.4, -0.2) is 19.7 Å². The molecule has 0 aromatic carbocycles. The van der Waals surface area contributed by atoms with E-state index in [1.54, 1.807) is 12.1 Å². The molecule has 1 aromatic heterocycles. The normalized spacial score (nSPS) is 19.9. The average Bonchev–Trinajstić information content (AvgIpc) is 2.50. The van der Waals surface area contributed by atoms with Crippen molar-refractivity contribution >= 4 is 32.8 Å². The molecule has 1 aliphatic carbocycles. The average molecular weight is 266 g/mol. The highest BCUT2D eigenvalue weighted by Crippen LogP contribution is 2.44. The first-order chi connectivity index (χ1) is 7.02. The van der Waals surface area contributed by atoms with Crippen LogP contribution < -0.4 is 5.73 Å². The second-order valence-electron chi connectivity index (χ2n) is 3.80. The smallest absolute Gasteiger partial charge is 0.194 e. The Morgan fingerprint density at radius 3 is 2.47 bits per heavy atom. The van der Waals surface area contributed by atoms with E-state index in [1.165, 1.54) is 0 Å². The molecular weight excluding hydrogens is 254 g/mol. The van der Waals surface area contributed by atoms with Crippen LogP contribution in [-0.2, 0) is 9.84 Å². The fraction of sp³-hybridized carbons (Fsp3) is 0.556. The van der Waals surface area contributed by atoms with Gasteiger partial charge >= 0.3 is 0 Å². The van der Waals surface area contributed by atoms with Gasteiger partial charge in [0.2, 0.25) is 0 Å². The highest BCUT2D eigenvalue weighted by molar-refractivity contribution is 7.95. The van der Waals surface area contributed by atoms with Gasteiger partial charge in [-0.15, -0.1) is 11.3 Å². The van der Waals surface area contributed by atoms with Crippen LogP contribution in [0.25, 0.3) is 0 Å². The lowest BCUT2D eigenvalue weighted by atomic mass is 9.84. The maximum absolute atomic E-state index is 12.3. The molecular formula is C9H12ClNO2S2. The van der Waals surface area contributed by atoms with Crippen molar-refractivity contribution in [2.75, 3.05) is 6.54 Å². The van der Waals surface area contributed by atoms with E-state index in [0.29, 0.717) is 21.4 Å². The molecule has 0 radical (unpaired) electrons. The van der Waals surface area contributed by atoms with Gasteiger partial charge in [-0.05, 0) is 25.0 Å². The van der Waals surface area contributed by atoms with Gasteiger partial charge in [0, 0.05) is 6.54 Å². The lowest BCUT2D eigenvalue weighted by molar-refractivity contribution is 0.344. The van der Waals surface area contributed by atoms with Gasteiger partial charge in [-0.1, -0.05) is 18.0 Å². The Kier molecular flexibility index (Phi) is 2.83. The van der Waals surface area contributed by atoms with E-state index in [2.05, 4.69) is 0 Å². The van der Waals surface area contributed by atoms with Crippen LogP contribution in [0.4, 0.5) is 0 Å². The molecule has 2 rings (SSSR count). The van der Waals surface area contributed by atoms with Crippen LogP contribution in [0.1, 0.15) is 19.3 Å². The van der Waals surface area contributed by atoms with Crippen molar-refractivity contribution in [2.45, 2.75) is 28.2 Å².